The lowest BCUT2D eigenvalue weighted by molar-refractivity contribution is -0.513. The molecule has 7 atom stereocenters. The van der Waals surface area contributed by atoms with Crippen molar-refractivity contribution in [2.24, 2.45) is 28.6 Å². The summed E-state index contributed by atoms with van der Waals surface area (Å²) in [6.07, 6.45) is 7.65. The molecule has 11 heteroatoms. The summed E-state index contributed by atoms with van der Waals surface area (Å²) in [5.41, 5.74) is 1.14. The maximum atomic E-state index is 14.3. The number of aliphatic hydroxyl groups excluding tert-OH is 1. The van der Waals surface area contributed by atoms with Crippen molar-refractivity contribution in [1.82, 2.24) is 0 Å². The number of fused-ring (bicyclic) bond motifs is 5. The Bertz CT molecular complexity index is 1640. The van der Waals surface area contributed by atoms with Gasteiger partial charge in [0.2, 0.25) is 10.9 Å². The smallest absolute Gasteiger partial charge is 0.375 e. The highest BCUT2D eigenvalue weighted by Crippen LogP contribution is 2.69. The summed E-state index contributed by atoms with van der Waals surface area (Å²) in [4.78, 5) is 27.8. The monoisotopic (exact) mass is 679 g/mol. The fraction of sp³-hybridized carbons (Fsp3) is 0.486. The first-order valence-electron chi connectivity index (χ1n) is 16.4. The van der Waals surface area contributed by atoms with E-state index in [4.69, 9.17) is 24.0 Å². The normalized spacial score (nSPS) is 32.4. The molecule has 0 radical (unpaired) electrons. The zero-order valence-corrected chi connectivity index (χ0v) is 28.4. The van der Waals surface area contributed by atoms with Crippen LogP contribution in [0.5, 0.6) is 0 Å². The number of thioether (sulfide) groups is 1. The molecule has 1 heterocycles. The van der Waals surface area contributed by atoms with Crippen molar-refractivity contribution in [1.29, 1.82) is 5.41 Å². The second-order valence-electron chi connectivity index (χ2n) is 14.0. The molecule has 3 saturated carbocycles. The average Bonchev–Trinajstić information content (AvgIpc) is 3.70. The van der Waals surface area contributed by atoms with Crippen LogP contribution in [0, 0.1) is 39.8 Å². The molecule has 2 unspecified atom stereocenters. The van der Waals surface area contributed by atoms with E-state index in [2.05, 4.69) is 19.6 Å². The number of ether oxygens (including phenoxy) is 3. The summed E-state index contributed by atoms with van der Waals surface area (Å²) in [6.45, 7) is 8.10. The molecule has 0 amide bonds. The number of benzene rings is 1. The van der Waals surface area contributed by atoms with Crippen LogP contribution in [0.2, 0.25) is 0 Å². The summed E-state index contributed by atoms with van der Waals surface area (Å²) in [7, 11) is 1.50. The third-order valence-electron chi connectivity index (χ3n) is 11.5. The molecular weight excluding hydrogens is 635 g/mol. The Morgan fingerprint density at radius 1 is 1.23 bits per heavy atom. The minimum Gasteiger partial charge on any atom is -0.472 e. The first kappa shape index (κ1) is 34.4. The minimum absolute atomic E-state index is 0.00533. The van der Waals surface area contributed by atoms with Gasteiger partial charge in [0.05, 0.1) is 18.1 Å². The number of nitrogens with two attached hydrogens (primary N) is 1. The Morgan fingerprint density at radius 3 is 2.69 bits per heavy atom. The molecular formula is C37H44FN2O7S+. The number of methoxy groups -OCH3 is 1. The number of carbonyl (C=O) groups is 2. The molecule has 9 nitrogen and oxygen atoms in total. The van der Waals surface area contributed by atoms with Crippen molar-refractivity contribution in [3.63, 3.8) is 0 Å². The van der Waals surface area contributed by atoms with Crippen LogP contribution < -0.4 is 5.32 Å². The van der Waals surface area contributed by atoms with Crippen LogP contribution in [0.4, 0.5) is 10.1 Å². The van der Waals surface area contributed by atoms with E-state index in [1.165, 1.54) is 43.4 Å². The summed E-state index contributed by atoms with van der Waals surface area (Å²) in [5.74, 6) is -0.493. The van der Waals surface area contributed by atoms with Gasteiger partial charge < -0.3 is 29.1 Å². The number of hydrogen-bond donors (Lipinski definition) is 3. The zero-order valence-electron chi connectivity index (χ0n) is 27.6. The van der Waals surface area contributed by atoms with E-state index in [1.54, 1.807) is 18.2 Å². The lowest BCUT2D eigenvalue weighted by atomic mass is 9.45. The number of halogens is 1. The number of quaternary nitrogens is 1. The zero-order chi connectivity index (χ0) is 34.3. The summed E-state index contributed by atoms with van der Waals surface area (Å²) < 4.78 is 35.6. The van der Waals surface area contributed by atoms with Gasteiger partial charge in [-0.15, -0.1) is 0 Å². The van der Waals surface area contributed by atoms with Crippen LogP contribution in [0.1, 0.15) is 62.9 Å². The third-order valence-corrected chi connectivity index (χ3v) is 12.5. The lowest BCUT2D eigenvalue weighted by Crippen LogP contribution is -2.76. The summed E-state index contributed by atoms with van der Waals surface area (Å²) in [6, 6.07) is 9.43. The Kier molecular flexibility index (Phi) is 9.61. The van der Waals surface area contributed by atoms with Gasteiger partial charge in [0, 0.05) is 36.4 Å². The van der Waals surface area contributed by atoms with E-state index in [1.807, 2.05) is 12.2 Å². The second-order valence-corrected chi connectivity index (χ2v) is 15.0. The molecule has 256 valence electrons. The Labute approximate surface area is 284 Å². The predicted molar refractivity (Wildman–Crippen MR) is 179 cm³/mol. The third kappa shape index (κ3) is 5.88. The van der Waals surface area contributed by atoms with Gasteiger partial charge in [0.25, 0.3) is 0 Å². The molecule has 4 aliphatic rings. The number of nitrogens with one attached hydrogen (secondary N) is 1. The average molecular weight is 680 g/mol. The largest absolute Gasteiger partial charge is 0.472 e. The first-order valence-corrected chi connectivity index (χ1v) is 17.4. The van der Waals surface area contributed by atoms with Crippen LogP contribution in [0.15, 0.2) is 82.3 Å². The number of rotatable bonds is 11. The highest BCUT2D eigenvalue weighted by atomic mass is 32.2. The van der Waals surface area contributed by atoms with Crippen LogP contribution in [0.3, 0.4) is 0 Å². The standard InChI is InChI=1S/C37H43FN2O7S/c1-22(46-21-44-4)20-48-34(43)37(47-33(42)31-6-5-15-45-31)14-13-28-27-12-7-24-16-29(40-26-10-8-25(38)9-11-26)23(19-39)17-35(24,2)32(27)30(41)18-36(28,37)3/h5-6,8-11,15-16,19,27-28,30,32,39-41H,1,7,12-14,17-18,20-21H2,2-4H3/p+1/t27-,28?,30-,32?,35-,36-,37-/m0/s1. The van der Waals surface area contributed by atoms with Gasteiger partial charge in [0.1, 0.15) is 23.0 Å². The number of aliphatic hydroxyl groups is 1. The lowest BCUT2D eigenvalue weighted by Gasteiger charge is -2.60. The molecule has 2 aromatic rings. The van der Waals surface area contributed by atoms with Gasteiger partial charge in [-0.2, -0.15) is 0 Å². The van der Waals surface area contributed by atoms with Crippen molar-refractivity contribution in [3.8, 4) is 0 Å². The number of hydrogen-bond acceptors (Lipinski definition) is 9. The Morgan fingerprint density at radius 2 is 2.00 bits per heavy atom. The van der Waals surface area contributed by atoms with Gasteiger partial charge in [-0.05, 0) is 92.0 Å². The number of esters is 1. The number of allylic oxidation sites excluding steroid dienone is 3. The van der Waals surface area contributed by atoms with E-state index in [-0.39, 0.29) is 53.4 Å². The molecule has 3 fully saturated rings. The molecule has 4 aliphatic carbocycles. The maximum Gasteiger partial charge on any atom is 0.375 e. The SMILES string of the molecule is C=C(CSC(=O)[C@@]1(OC(=O)c2ccco2)CCC2[C@@H]3CCC4=CC([NH2+]c5ccc(F)cc5)=C(C=N)C[C@]4(C)C3[C@@H](O)C[C@@]21C)OCOC. The molecule has 0 aliphatic heterocycles. The maximum absolute atomic E-state index is 14.3. The van der Waals surface area contributed by atoms with Crippen molar-refractivity contribution in [2.45, 2.75) is 64.1 Å². The van der Waals surface area contributed by atoms with Gasteiger partial charge in [-0.25, -0.2) is 9.18 Å². The first-order chi connectivity index (χ1) is 23.0. The van der Waals surface area contributed by atoms with Crippen molar-refractivity contribution < 1.29 is 43.0 Å². The van der Waals surface area contributed by atoms with E-state index in [0.717, 1.165) is 41.6 Å². The number of carbonyl (C=O) groups excluding carboxylic acids is 2. The topological polar surface area (TPSA) is 136 Å². The second kappa shape index (κ2) is 13.4. The highest BCUT2D eigenvalue weighted by molar-refractivity contribution is 8.14. The quantitative estimate of drug-likeness (QED) is 0.0859. The van der Waals surface area contributed by atoms with Crippen molar-refractivity contribution in [3.05, 3.63) is 89.5 Å². The summed E-state index contributed by atoms with van der Waals surface area (Å²) in [5, 5.41) is 22.2. The highest BCUT2D eigenvalue weighted by Gasteiger charge is 2.71. The molecule has 0 saturated heterocycles. The van der Waals surface area contributed by atoms with Crippen LogP contribution in [-0.4, -0.2) is 53.8 Å². The molecule has 0 spiro atoms. The molecule has 4 N–H and O–H groups in total. The van der Waals surface area contributed by atoms with Gasteiger partial charge >= 0.3 is 5.97 Å². The van der Waals surface area contributed by atoms with E-state index in [0.29, 0.717) is 25.0 Å². The van der Waals surface area contributed by atoms with Crippen LogP contribution >= 0.6 is 11.8 Å². The van der Waals surface area contributed by atoms with E-state index < -0.39 is 28.5 Å². The van der Waals surface area contributed by atoms with Crippen molar-refractivity contribution >= 4 is 34.7 Å². The fourth-order valence-electron chi connectivity index (χ4n) is 9.31. The van der Waals surface area contributed by atoms with E-state index >= 15 is 0 Å². The van der Waals surface area contributed by atoms with E-state index in [9.17, 15) is 19.1 Å². The Balaban J connectivity index is 1.30. The van der Waals surface area contributed by atoms with Gasteiger partial charge in [-0.3, -0.25) is 10.1 Å². The molecule has 1 aromatic heterocycles. The Hall–Kier alpha value is -3.51. The fourth-order valence-corrected chi connectivity index (χ4v) is 10.3. The predicted octanol–water partition coefficient (Wildman–Crippen LogP) is 6.05. The molecule has 6 rings (SSSR count). The van der Waals surface area contributed by atoms with Gasteiger partial charge in [-0.1, -0.05) is 37.8 Å². The van der Waals surface area contributed by atoms with Crippen LogP contribution in [0.25, 0.3) is 0 Å². The molecule has 1 aromatic carbocycles. The van der Waals surface area contributed by atoms with Gasteiger partial charge in [0.15, 0.2) is 12.4 Å². The van der Waals surface area contributed by atoms with Crippen molar-refractivity contribution in [2.75, 3.05) is 19.7 Å². The minimum atomic E-state index is -1.50. The molecule has 48 heavy (non-hydrogen) atoms. The molecule has 0 bridgehead atoms. The van der Waals surface area contributed by atoms with Crippen LogP contribution in [-0.2, 0) is 19.0 Å². The summed E-state index contributed by atoms with van der Waals surface area (Å²) >= 11 is 1.00. The number of furan rings is 1.